The fourth-order valence-corrected chi connectivity index (χ4v) is 3.07. The Bertz CT molecular complexity index is 357. The molecule has 0 spiro atoms. The zero-order chi connectivity index (χ0) is 18.4. The second-order valence-corrected chi connectivity index (χ2v) is 7.38. The van der Waals surface area contributed by atoms with Crippen LogP contribution in [0.2, 0.25) is 0 Å². The van der Waals surface area contributed by atoms with Gasteiger partial charge in [0.25, 0.3) is 0 Å². The Morgan fingerprint density at radius 1 is 0.917 bits per heavy atom. The average molecular weight is 343 g/mol. The van der Waals surface area contributed by atoms with Crippen LogP contribution in [0.5, 0.6) is 0 Å². The molecule has 0 aliphatic heterocycles. The van der Waals surface area contributed by atoms with Crippen LogP contribution in [0.25, 0.3) is 0 Å². The molecule has 1 atom stereocenters. The minimum absolute atomic E-state index is 0.0225. The molecule has 5 heteroatoms. The topological polar surface area (TPSA) is 69.2 Å². The lowest BCUT2D eigenvalue weighted by molar-refractivity contribution is -0.912. The zero-order valence-electron chi connectivity index (χ0n) is 16.2. The summed E-state index contributed by atoms with van der Waals surface area (Å²) in [5.41, 5.74) is 0. The molecule has 0 saturated heterocycles. The number of amides is 1. The highest BCUT2D eigenvalue weighted by molar-refractivity contribution is 5.76. The number of unbranched alkanes of at least 4 members (excludes halogenated alkanes) is 8. The van der Waals surface area contributed by atoms with E-state index in [2.05, 4.69) is 12.2 Å². The summed E-state index contributed by atoms with van der Waals surface area (Å²) in [6.07, 6.45) is 12.1. The Morgan fingerprint density at radius 2 is 1.42 bits per heavy atom. The summed E-state index contributed by atoms with van der Waals surface area (Å²) in [7, 11) is 3.62. The van der Waals surface area contributed by atoms with Crippen LogP contribution < -0.4 is 10.4 Å². The number of likely N-dealkylation sites (N-methyl/N-ethyl adjacent to an activating group) is 1. The molecule has 1 amide bonds. The van der Waals surface area contributed by atoms with Crippen LogP contribution in [0.15, 0.2) is 0 Å². The second kappa shape index (κ2) is 13.2. The molecule has 0 aliphatic carbocycles. The predicted octanol–water partition coefficient (Wildman–Crippen LogP) is 2.59. The minimum Gasteiger partial charge on any atom is -0.544 e. The molecule has 142 valence electrons. The number of quaternary nitrogens is 1. The number of carbonyl (C=O) groups excluding carboxylic acids is 2. The first kappa shape index (κ1) is 22.9. The molecule has 0 saturated carbocycles. The Labute approximate surface area is 148 Å². The third kappa shape index (κ3) is 11.4. The highest BCUT2D eigenvalue weighted by Crippen LogP contribution is 2.11. The third-order valence-corrected chi connectivity index (χ3v) is 4.60. The maximum Gasteiger partial charge on any atom is 0.224 e. The Kier molecular flexibility index (Phi) is 12.6. The van der Waals surface area contributed by atoms with E-state index in [0.29, 0.717) is 12.8 Å². The molecule has 0 fully saturated rings. The first-order valence-electron chi connectivity index (χ1n) is 9.65. The minimum atomic E-state index is -1.09. The molecular weight excluding hydrogens is 304 g/mol. The number of nitrogens with one attached hydrogen (secondary N) is 1. The fourth-order valence-electron chi connectivity index (χ4n) is 3.07. The largest absolute Gasteiger partial charge is 0.544 e. The molecule has 0 aromatic heterocycles. The summed E-state index contributed by atoms with van der Waals surface area (Å²) in [5, 5.41) is 13.8. The van der Waals surface area contributed by atoms with Crippen LogP contribution in [-0.4, -0.2) is 43.2 Å². The van der Waals surface area contributed by atoms with Crippen molar-refractivity contribution in [2.45, 2.75) is 90.6 Å². The van der Waals surface area contributed by atoms with Crippen molar-refractivity contribution in [3.63, 3.8) is 0 Å². The van der Waals surface area contributed by atoms with Crippen LogP contribution in [0.1, 0.15) is 84.5 Å². The first-order chi connectivity index (χ1) is 11.3. The van der Waals surface area contributed by atoms with Crippen LogP contribution in [0.3, 0.4) is 0 Å². The molecule has 1 N–H and O–H groups in total. The van der Waals surface area contributed by atoms with Gasteiger partial charge in [0.2, 0.25) is 5.91 Å². The van der Waals surface area contributed by atoms with Gasteiger partial charge in [0.15, 0.2) is 6.17 Å². The average Bonchev–Trinajstić information content (AvgIpc) is 2.49. The number of nitrogens with zero attached hydrogens (tertiary/aromatic N) is 1. The molecule has 24 heavy (non-hydrogen) atoms. The van der Waals surface area contributed by atoms with Crippen LogP contribution in [0.4, 0.5) is 0 Å². The van der Waals surface area contributed by atoms with Crippen molar-refractivity contribution < 1.29 is 19.2 Å². The van der Waals surface area contributed by atoms with Gasteiger partial charge in [-0.05, 0) is 6.42 Å². The molecular formula is C19H38N2O3. The fraction of sp³-hybridized carbons (Fsp3) is 0.895. The van der Waals surface area contributed by atoms with Crippen LogP contribution in [0, 0.1) is 0 Å². The molecule has 5 nitrogen and oxygen atoms in total. The molecule has 0 heterocycles. The van der Waals surface area contributed by atoms with Crippen molar-refractivity contribution in [1.29, 1.82) is 0 Å². The molecule has 0 aromatic carbocycles. The molecule has 0 rings (SSSR count). The lowest BCUT2D eigenvalue weighted by Crippen LogP contribution is -2.60. The van der Waals surface area contributed by atoms with Gasteiger partial charge in [0.1, 0.15) is 6.54 Å². The van der Waals surface area contributed by atoms with Gasteiger partial charge in [-0.3, -0.25) is 4.79 Å². The summed E-state index contributed by atoms with van der Waals surface area (Å²) in [5.74, 6) is -1.07. The van der Waals surface area contributed by atoms with Gasteiger partial charge >= 0.3 is 0 Å². The molecule has 0 radical (unpaired) electrons. The lowest BCUT2D eigenvalue weighted by Gasteiger charge is -2.38. The summed E-state index contributed by atoms with van der Waals surface area (Å²) in [4.78, 5) is 22.9. The second-order valence-electron chi connectivity index (χ2n) is 7.38. The SMILES string of the molecule is CCCCCCCCCCCC(=O)NC(CC)[N+](C)(C)CC(=O)[O-]. The quantitative estimate of drug-likeness (QED) is 0.282. The summed E-state index contributed by atoms with van der Waals surface area (Å²) < 4.78 is 0.211. The van der Waals surface area contributed by atoms with E-state index in [0.717, 1.165) is 12.8 Å². The highest BCUT2D eigenvalue weighted by atomic mass is 16.4. The molecule has 1 unspecified atom stereocenters. The van der Waals surface area contributed by atoms with E-state index < -0.39 is 5.97 Å². The van der Waals surface area contributed by atoms with Crippen molar-refractivity contribution in [3.8, 4) is 0 Å². The summed E-state index contributed by atoms with van der Waals surface area (Å²) in [6, 6.07) is 0. The Morgan fingerprint density at radius 3 is 1.88 bits per heavy atom. The van der Waals surface area contributed by atoms with E-state index in [1.807, 2.05) is 21.0 Å². The number of hydrogen-bond donors (Lipinski definition) is 1. The van der Waals surface area contributed by atoms with Crippen molar-refractivity contribution in [2.24, 2.45) is 0 Å². The number of rotatable bonds is 15. The zero-order valence-corrected chi connectivity index (χ0v) is 16.2. The van der Waals surface area contributed by atoms with E-state index >= 15 is 0 Å². The first-order valence-corrected chi connectivity index (χ1v) is 9.65. The van der Waals surface area contributed by atoms with Gasteiger partial charge in [0, 0.05) is 12.8 Å². The number of aliphatic carboxylic acids is 1. The normalized spacial score (nSPS) is 12.8. The van der Waals surface area contributed by atoms with Crippen molar-refractivity contribution >= 4 is 11.9 Å². The third-order valence-electron chi connectivity index (χ3n) is 4.60. The van der Waals surface area contributed by atoms with Gasteiger partial charge in [-0.1, -0.05) is 65.2 Å². The Balaban J connectivity index is 3.85. The molecule has 0 aromatic rings. The van der Waals surface area contributed by atoms with Crippen molar-refractivity contribution in [1.82, 2.24) is 5.32 Å². The smallest absolute Gasteiger partial charge is 0.224 e. The van der Waals surface area contributed by atoms with E-state index in [4.69, 9.17) is 0 Å². The number of carboxylic acids is 1. The van der Waals surface area contributed by atoms with Gasteiger partial charge in [0.05, 0.1) is 20.1 Å². The maximum absolute atomic E-state index is 12.1. The highest BCUT2D eigenvalue weighted by Gasteiger charge is 2.28. The van der Waals surface area contributed by atoms with Gasteiger partial charge in [-0.2, -0.15) is 0 Å². The van der Waals surface area contributed by atoms with Gasteiger partial charge < -0.3 is 19.7 Å². The standard InChI is InChI=1S/C19H38N2O3/c1-5-7-8-9-10-11-12-13-14-15-18(22)20-17(6-2)21(3,4)16-19(23)24/h17H,5-16H2,1-4H3,(H-,20,22,23,24). The van der Waals surface area contributed by atoms with Crippen LogP contribution >= 0.6 is 0 Å². The van der Waals surface area contributed by atoms with Crippen molar-refractivity contribution in [2.75, 3.05) is 20.6 Å². The van der Waals surface area contributed by atoms with Crippen LogP contribution in [-0.2, 0) is 9.59 Å². The van der Waals surface area contributed by atoms with E-state index in [1.54, 1.807) is 0 Å². The van der Waals surface area contributed by atoms with E-state index in [1.165, 1.54) is 44.9 Å². The summed E-state index contributed by atoms with van der Waals surface area (Å²) in [6.45, 7) is 4.09. The summed E-state index contributed by atoms with van der Waals surface area (Å²) >= 11 is 0. The number of carboxylic acid groups (broad SMARTS) is 1. The lowest BCUT2D eigenvalue weighted by atomic mass is 10.1. The number of hydrogen-bond acceptors (Lipinski definition) is 3. The predicted molar refractivity (Wildman–Crippen MR) is 96.0 cm³/mol. The Hall–Kier alpha value is -1.10. The maximum atomic E-state index is 12.1. The molecule has 0 bridgehead atoms. The van der Waals surface area contributed by atoms with E-state index in [-0.39, 0.29) is 23.1 Å². The van der Waals surface area contributed by atoms with Gasteiger partial charge in [-0.25, -0.2) is 0 Å². The monoisotopic (exact) mass is 342 g/mol. The van der Waals surface area contributed by atoms with Gasteiger partial charge in [-0.15, -0.1) is 0 Å². The molecule has 0 aliphatic rings. The van der Waals surface area contributed by atoms with Crippen molar-refractivity contribution in [3.05, 3.63) is 0 Å². The van der Waals surface area contributed by atoms with E-state index in [9.17, 15) is 14.7 Å². The number of carbonyl (C=O) groups is 2.